The lowest BCUT2D eigenvalue weighted by Crippen LogP contribution is -2.01. The second-order valence-electron chi connectivity index (χ2n) is 14.1. The first-order chi connectivity index (χ1) is 28.2. The summed E-state index contributed by atoms with van der Waals surface area (Å²) in [5.41, 5.74) is 9.86. The predicted octanol–water partition coefficient (Wildman–Crippen LogP) is 13.8. The molecular weight excluding hydrogens is 721 g/mol. The summed E-state index contributed by atoms with van der Waals surface area (Å²) in [4.78, 5) is 20.2. The summed E-state index contributed by atoms with van der Waals surface area (Å²) in [6.45, 7) is 0. The Morgan fingerprint density at radius 1 is 0.386 bits per heavy atom. The molecule has 0 bridgehead atoms. The van der Waals surface area contributed by atoms with Crippen LogP contribution < -0.4 is 0 Å². The lowest BCUT2D eigenvalue weighted by atomic mass is 9.95. The van der Waals surface area contributed by atoms with Gasteiger partial charge in [0, 0.05) is 81.9 Å². The van der Waals surface area contributed by atoms with Crippen LogP contribution in [0.3, 0.4) is 0 Å². The largest absolute Gasteiger partial charge is 0.456 e. The van der Waals surface area contributed by atoms with Crippen molar-refractivity contribution in [3.05, 3.63) is 170 Å². The molecule has 0 fully saturated rings. The minimum absolute atomic E-state index is 0.540. The number of aromatic nitrogens is 4. The number of hydrogen-bond donors (Lipinski definition) is 0. The highest BCUT2D eigenvalue weighted by Crippen LogP contribution is 2.46. The van der Waals surface area contributed by atoms with Crippen LogP contribution in [0.2, 0.25) is 0 Å². The number of furan rings is 2. The molecule has 0 radical (unpaired) electrons. The van der Waals surface area contributed by atoms with Gasteiger partial charge < -0.3 is 8.83 Å². The van der Waals surface area contributed by atoms with Crippen molar-refractivity contribution in [2.45, 2.75) is 0 Å². The maximum absolute atomic E-state index is 6.83. The Morgan fingerprint density at radius 2 is 1.05 bits per heavy atom. The topological polar surface area (TPSA) is 77.8 Å². The summed E-state index contributed by atoms with van der Waals surface area (Å²) in [5, 5.41) is 6.53. The molecule has 0 amide bonds. The van der Waals surface area contributed by atoms with E-state index in [0.29, 0.717) is 17.5 Å². The summed E-state index contributed by atoms with van der Waals surface area (Å²) in [6.07, 6.45) is 3.65. The fourth-order valence-electron chi connectivity index (χ4n) is 8.29. The normalized spacial score (nSPS) is 11.9. The Kier molecular flexibility index (Phi) is 7.00. The Bertz CT molecular complexity index is 3550. The van der Waals surface area contributed by atoms with Crippen molar-refractivity contribution in [2.24, 2.45) is 0 Å². The van der Waals surface area contributed by atoms with Gasteiger partial charge in [-0.05, 0) is 65.7 Å². The molecule has 0 aliphatic rings. The van der Waals surface area contributed by atoms with Crippen LogP contribution in [0.1, 0.15) is 0 Å². The van der Waals surface area contributed by atoms with E-state index in [4.69, 9.17) is 23.8 Å². The average Bonchev–Trinajstić information content (AvgIpc) is 3.98. The molecule has 0 unspecified atom stereocenters. The quantitative estimate of drug-likeness (QED) is 0.174. The number of fused-ring (bicyclic) bond motifs is 9. The van der Waals surface area contributed by atoms with Crippen LogP contribution in [0, 0.1) is 0 Å². The monoisotopic (exact) mass is 748 g/mol. The molecule has 5 aromatic heterocycles. The second-order valence-corrected chi connectivity index (χ2v) is 15.2. The van der Waals surface area contributed by atoms with Gasteiger partial charge in [-0.2, -0.15) is 0 Å². The maximum atomic E-state index is 6.83. The molecule has 5 heterocycles. The summed E-state index contributed by atoms with van der Waals surface area (Å²) < 4.78 is 15.7. The summed E-state index contributed by atoms with van der Waals surface area (Å²) in [7, 11) is 0. The molecule has 0 N–H and O–H groups in total. The van der Waals surface area contributed by atoms with Gasteiger partial charge >= 0.3 is 0 Å². The Labute approximate surface area is 329 Å². The zero-order valence-corrected chi connectivity index (χ0v) is 31.0. The SMILES string of the molecule is c1cncc(-c2ccccc2-c2nc(-c3ccc4c(c3)oc3ccccc34)nc(-c3ccc(-c4cccc5sc6ccccc6c45)c4oc5ccccc5c34)n2)c1. The molecule has 12 rings (SSSR count). The lowest BCUT2D eigenvalue weighted by Gasteiger charge is -2.13. The highest BCUT2D eigenvalue weighted by molar-refractivity contribution is 7.25. The van der Waals surface area contributed by atoms with Gasteiger partial charge in [0.15, 0.2) is 17.5 Å². The molecule has 0 spiro atoms. The molecule has 7 aromatic carbocycles. The van der Waals surface area contributed by atoms with Crippen molar-refractivity contribution in [3.8, 4) is 56.4 Å². The van der Waals surface area contributed by atoms with Crippen LogP contribution in [-0.2, 0) is 0 Å². The number of benzene rings is 7. The minimum atomic E-state index is 0.540. The van der Waals surface area contributed by atoms with Crippen molar-refractivity contribution in [1.82, 2.24) is 19.9 Å². The molecule has 0 saturated carbocycles. The standard InChI is InChI=1S/C50H28N4O2S/c1-2-14-36(31(12-1)30-11-10-26-51-28-30)49-52-48(29-22-23-33-32-13-3-6-18-40(32)55-42(33)27-29)53-50(54-49)39-25-24-35(47-46(39)37-15-4-7-19-41(37)56-47)34-17-9-21-44-45(34)38-16-5-8-20-43(38)57-44/h1-28H. The van der Waals surface area contributed by atoms with Crippen LogP contribution in [0.4, 0.5) is 0 Å². The van der Waals surface area contributed by atoms with E-state index in [1.165, 1.54) is 20.2 Å². The van der Waals surface area contributed by atoms with Gasteiger partial charge in [0.2, 0.25) is 0 Å². The van der Waals surface area contributed by atoms with Crippen molar-refractivity contribution < 1.29 is 8.83 Å². The Balaban J connectivity index is 1.13. The minimum Gasteiger partial charge on any atom is -0.456 e. The number of pyridine rings is 1. The Hall–Kier alpha value is -7.48. The lowest BCUT2D eigenvalue weighted by molar-refractivity contribution is 0.669. The van der Waals surface area contributed by atoms with Gasteiger partial charge in [-0.1, -0.05) is 103 Å². The summed E-state index contributed by atoms with van der Waals surface area (Å²) in [5.74, 6) is 1.64. The fraction of sp³-hybridized carbons (Fsp3) is 0. The number of nitrogens with zero attached hydrogens (tertiary/aromatic N) is 4. The van der Waals surface area contributed by atoms with E-state index in [1.54, 1.807) is 6.20 Å². The van der Waals surface area contributed by atoms with E-state index in [0.717, 1.165) is 82.8 Å². The predicted molar refractivity (Wildman–Crippen MR) is 232 cm³/mol. The third kappa shape index (κ3) is 5.03. The highest BCUT2D eigenvalue weighted by atomic mass is 32.1. The van der Waals surface area contributed by atoms with E-state index in [1.807, 2.05) is 72.1 Å². The fourth-order valence-corrected chi connectivity index (χ4v) is 9.42. The average molecular weight is 749 g/mol. The van der Waals surface area contributed by atoms with Crippen molar-refractivity contribution >= 4 is 75.4 Å². The summed E-state index contributed by atoms with van der Waals surface area (Å²) in [6, 6.07) is 54.2. The van der Waals surface area contributed by atoms with Crippen LogP contribution in [0.5, 0.6) is 0 Å². The third-order valence-electron chi connectivity index (χ3n) is 10.9. The van der Waals surface area contributed by atoms with Crippen molar-refractivity contribution in [3.63, 3.8) is 0 Å². The second kappa shape index (κ2) is 12.5. The zero-order chi connectivity index (χ0) is 37.5. The molecule has 266 valence electrons. The number of para-hydroxylation sites is 2. The summed E-state index contributed by atoms with van der Waals surface area (Å²) >= 11 is 1.81. The van der Waals surface area contributed by atoms with Crippen LogP contribution in [-0.4, -0.2) is 19.9 Å². The molecule has 0 atom stereocenters. The first-order valence-electron chi connectivity index (χ1n) is 18.8. The highest BCUT2D eigenvalue weighted by Gasteiger charge is 2.23. The van der Waals surface area contributed by atoms with Crippen LogP contribution >= 0.6 is 11.3 Å². The first-order valence-corrected chi connectivity index (χ1v) is 19.6. The first kappa shape index (κ1) is 31.8. The third-order valence-corrected chi connectivity index (χ3v) is 12.0. The van der Waals surface area contributed by atoms with Crippen molar-refractivity contribution in [1.29, 1.82) is 0 Å². The number of thiophene rings is 1. The molecule has 0 aliphatic carbocycles. The van der Waals surface area contributed by atoms with Gasteiger partial charge in [0.25, 0.3) is 0 Å². The molecule has 57 heavy (non-hydrogen) atoms. The molecular formula is C50H28N4O2S. The Morgan fingerprint density at radius 3 is 1.91 bits per heavy atom. The van der Waals surface area contributed by atoms with E-state index in [9.17, 15) is 0 Å². The van der Waals surface area contributed by atoms with Gasteiger partial charge in [-0.25, -0.2) is 15.0 Å². The van der Waals surface area contributed by atoms with Crippen LogP contribution in [0.15, 0.2) is 179 Å². The smallest absolute Gasteiger partial charge is 0.164 e. The van der Waals surface area contributed by atoms with E-state index >= 15 is 0 Å². The van der Waals surface area contributed by atoms with E-state index in [2.05, 4.69) is 108 Å². The van der Waals surface area contributed by atoms with Gasteiger partial charge in [-0.15, -0.1) is 11.3 Å². The van der Waals surface area contributed by atoms with Gasteiger partial charge in [-0.3, -0.25) is 4.98 Å². The zero-order valence-electron chi connectivity index (χ0n) is 30.2. The molecule has 7 heteroatoms. The molecule has 6 nitrogen and oxygen atoms in total. The molecule has 12 aromatic rings. The van der Waals surface area contributed by atoms with Crippen LogP contribution in [0.25, 0.3) is 120 Å². The van der Waals surface area contributed by atoms with Crippen molar-refractivity contribution in [2.75, 3.05) is 0 Å². The van der Waals surface area contributed by atoms with Gasteiger partial charge in [0.1, 0.15) is 22.3 Å². The maximum Gasteiger partial charge on any atom is 0.164 e. The molecule has 0 saturated heterocycles. The van der Waals surface area contributed by atoms with E-state index in [-0.39, 0.29) is 0 Å². The number of hydrogen-bond acceptors (Lipinski definition) is 7. The van der Waals surface area contributed by atoms with Gasteiger partial charge in [0.05, 0.1) is 0 Å². The molecule has 0 aliphatic heterocycles. The number of rotatable bonds is 5. The van der Waals surface area contributed by atoms with E-state index < -0.39 is 0 Å².